The minimum absolute atomic E-state index is 0. The number of nitrogens with one attached hydrogen (secondary N) is 2. The van der Waals surface area contributed by atoms with Crippen LogP contribution in [0.1, 0.15) is 44.7 Å². The van der Waals surface area contributed by atoms with Gasteiger partial charge in [0.05, 0.1) is 0 Å². The summed E-state index contributed by atoms with van der Waals surface area (Å²) in [5.41, 5.74) is 7.56. The first-order valence-corrected chi connectivity index (χ1v) is 10.0. The van der Waals surface area contributed by atoms with Crippen LogP contribution in [0.3, 0.4) is 0 Å². The average molecular weight is 505 g/mol. The van der Waals surface area contributed by atoms with Gasteiger partial charge < -0.3 is 14.4 Å². The van der Waals surface area contributed by atoms with Crippen molar-refractivity contribution < 1.29 is 41.3 Å². The Balaban J connectivity index is 0. The Bertz CT molecular complexity index is 865. The van der Waals surface area contributed by atoms with Crippen LogP contribution in [0.2, 0.25) is 0 Å². The van der Waals surface area contributed by atoms with Gasteiger partial charge in [-0.3, -0.25) is 9.59 Å². The molecular weight excluding hydrogens is 476 g/mol. The van der Waals surface area contributed by atoms with E-state index in [1.807, 2.05) is 60.7 Å². The molecule has 9 nitrogen and oxygen atoms in total. The van der Waals surface area contributed by atoms with Gasteiger partial charge in [0.2, 0.25) is 11.8 Å². The maximum absolute atomic E-state index is 11.8. The molecule has 10 heteroatoms. The van der Waals surface area contributed by atoms with Crippen LogP contribution in [0.25, 0.3) is 0 Å². The predicted molar refractivity (Wildman–Crippen MR) is 127 cm³/mol. The summed E-state index contributed by atoms with van der Waals surface area (Å²) in [5.74, 6) is -0.624. The van der Waals surface area contributed by atoms with E-state index in [9.17, 15) is 9.59 Å². The van der Waals surface area contributed by atoms with Crippen LogP contribution in [0.4, 0.5) is 0 Å². The Kier molecular flexibility index (Phi) is 20.2. The molecular formula is C24H28CrN4O5+3. The summed E-state index contributed by atoms with van der Waals surface area (Å²) < 4.78 is 0. The molecule has 1 aliphatic heterocycles. The van der Waals surface area contributed by atoms with Gasteiger partial charge in [0.1, 0.15) is 30.3 Å². The molecule has 2 amide bonds. The first-order chi connectivity index (χ1) is 16.0. The Morgan fingerprint density at radius 2 is 0.882 bits per heavy atom. The topological polar surface area (TPSA) is 134 Å². The van der Waals surface area contributed by atoms with E-state index < -0.39 is 0 Å². The van der Waals surface area contributed by atoms with E-state index in [0.29, 0.717) is 11.4 Å². The fourth-order valence-electron chi connectivity index (χ4n) is 2.28. The Hall–Kier alpha value is -3.74. The largest absolute Gasteiger partial charge is 3.00 e. The summed E-state index contributed by atoms with van der Waals surface area (Å²) in [6.45, 7) is 4.33. The summed E-state index contributed by atoms with van der Waals surface area (Å²) in [5, 5.41) is 8.51. The molecule has 0 atom stereocenters. The van der Waals surface area contributed by atoms with Crippen molar-refractivity contribution in [1.82, 2.24) is 10.9 Å². The molecule has 0 bridgehead atoms. The van der Waals surface area contributed by atoms with Crippen molar-refractivity contribution in [2.24, 2.45) is 10.2 Å². The number of carbonyl (C=O) groups is 5. The number of hydrogen-bond acceptors (Lipinski definition) is 7. The molecule has 1 aliphatic rings. The maximum Gasteiger partial charge on any atom is 3.00 e. The fraction of sp³-hybridized carbons (Fsp3) is 0.208. The summed E-state index contributed by atoms with van der Waals surface area (Å²) in [7, 11) is 0. The van der Waals surface area contributed by atoms with Crippen molar-refractivity contribution in [1.29, 1.82) is 0 Å². The van der Waals surface area contributed by atoms with E-state index in [1.54, 1.807) is 0 Å². The van der Waals surface area contributed by atoms with E-state index in [1.165, 1.54) is 20.8 Å². The van der Waals surface area contributed by atoms with Crippen LogP contribution in [-0.4, -0.2) is 42.1 Å². The molecule has 0 aromatic heterocycles. The van der Waals surface area contributed by atoms with Crippen LogP contribution >= 0.6 is 0 Å². The van der Waals surface area contributed by atoms with E-state index in [0.717, 1.165) is 30.0 Å². The fourth-order valence-corrected chi connectivity index (χ4v) is 2.28. The molecule has 1 heterocycles. The van der Waals surface area contributed by atoms with Crippen molar-refractivity contribution in [3.8, 4) is 0 Å². The first-order valence-electron chi connectivity index (χ1n) is 10.0. The molecule has 3 rings (SSSR count). The van der Waals surface area contributed by atoms with Crippen LogP contribution in [0.5, 0.6) is 0 Å². The van der Waals surface area contributed by atoms with Crippen molar-refractivity contribution in [2.75, 3.05) is 0 Å². The van der Waals surface area contributed by atoms with Gasteiger partial charge in [-0.05, 0) is 20.8 Å². The number of hydrazone groups is 2. The smallest absolute Gasteiger partial charge is 0.304 e. The van der Waals surface area contributed by atoms with E-state index >= 15 is 0 Å². The number of nitrogens with zero attached hydrogens (tertiary/aromatic N) is 2. The van der Waals surface area contributed by atoms with Crippen molar-refractivity contribution in [3.05, 3.63) is 71.8 Å². The molecule has 2 aromatic carbocycles. The van der Waals surface area contributed by atoms with Crippen LogP contribution in [-0.2, 0) is 41.3 Å². The first kappa shape index (κ1) is 32.4. The second-order valence-corrected chi connectivity index (χ2v) is 5.93. The molecule has 2 N–H and O–H groups in total. The standard InChI is InChI=1S/C18H16N4O2.3C2H4O.Cr/c23-15-11-12-16(24)20-22-18(14-9-5-2-6-10-14)17(21-19-15)13-7-3-1-4-8-13;3*1-2-3;/h1-10H,11-12H2,(H,19,23)(H,20,24);3*2H,1H3;/q;;;;+3/b21-17-,22-18-;;;;. The SMILES string of the molecule is CC=O.CC=O.CC=O.O=C1CCC(=O)N/N=C(c2ccccc2)\C(c2ccccc2)=N/N1.[Cr+3]. The van der Waals surface area contributed by atoms with Gasteiger partial charge in [-0.1, -0.05) is 60.7 Å². The Labute approximate surface area is 209 Å². The molecule has 0 fully saturated rings. The number of amides is 2. The Morgan fingerprint density at radius 3 is 1.15 bits per heavy atom. The third-order valence-corrected chi connectivity index (χ3v) is 3.48. The minimum Gasteiger partial charge on any atom is -0.304 e. The summed E-state index contributed by atoms with van der Waals surface area (Å²) in [6.07, 6.45) is 2.38. The minimum atomic E-state index is -0.312. The average Bonchev–Trinajstić information content (AvgIpc) is 2.82. The second-order valence-electron chi connectivity index (χ2n) is 5.93. The van der Waals surface area contributed by atoms with E-state index in [-0.39, 0.29) is 42.0 Å². The zero-order valence-electron chi connectivity index (χ0n) is 19.3. The molecule has 34 heavy (non-hydrogen) atoms. The van der Waals surface area contributed by atoms with Crippen LogP contribution in [0, 0.1) is 0 Å². The molecule has 0 saturated carbocycles. The van der Waals surface area contributed by atoms with Gasteiger partial charge in [0.15, 0.2) is 0 Å². The zero-order valence-corrected chi connectivity index (χ0v) is 20.5. The van der Waals surface area contributed by atoms with Gasteiger partial charge in [0, 0.05) is 24.0 Å². The molecule has 0 spiro atoms. The zero-order chi connectivity index (χ0) is 24.9. The summed E-state index contributed by atoms with van der Waals surface area (Å²) in [4.78, 5) is 50.1. The van der Waals surface area contributed by atoms with Crippen molar-refractivity contribution >= 4 is 42.1 Å². The van der Waals surface area contributed by atoms with Crippen LogP contribution in [0.15, 0.2) is 70.9 Å². The molecule has 0 aliphatic carbocycles. The van der Waals surface area contributed by atoms with Crippen LogP contribution < -0.4 is 10.9 Å². The second kappa shape index (κ2) is 21.1. The predicted octanol–water partition coefficient (Wildman–Crippen LogP) is 2.43. The van der Waals surface area contributed by atoms with Gasteiger partial charge in [-0.2, -0.15) is 10.2 Å². The van der Waals surface area contributed by atoms with Crippen molar-refractivity contribution in [3.63, 3.8) is 0 Å². The number of rotatable bonds is 2. The molecule has 2 aromatic rings. The molecule has 0 saturated heterocycles. The maximum atomic E-state index is 11.8. The van der Waals surface area contributed by atoms with Crippen molar-refractivity contribution in [2.45, 2.75) is 33.6 Å². The van der Waals surface area contributed by atoms with Gasteiger partial charge in [0.25, 0.3) is 0 Å². The summed E-state index contributed by atoms with van der Waals surface area (Å²) in [6, 6.07) is 18.8. The molecule has 0 unspecified atom stereocenters. The Morgan fingerprint density at radius 1 is 0.618 bits per heavy atom. The number of aldehydes is 3. The molecule has 177 valence electrons. The third-order valence-electron chi connectivity index (χ3n) is 3.48. The monoisotopic (exact) mass is 504 g/mol. The summed E-state index contributed by atoms with van der Waals surface area (Å²) >= 11 is 0. The van der Waals surface area contributed by atoms with E-state index in [2.05, 4.69) is 21.1 Å². The van der Waals surface area contributed by atoms with E-state index in [4.69, 9.17) is 14.4 Å². The number of benzene rings is 2. The normalized spacial score (nSPS) is 15.3. The van der Waals surface area contributed by atoms with Gasteiger partial charge >= 0.3 is 17.4 Å². The van der Waals surface area contributed by atoms with Gasteiger partial charge in [-0.25, -0.2) is 10.9 Å². The quantitative estimate of drug-likeness (QED) is 0.606. The number of carbonyl (C=O) groups excluding carboxylic acids is 5. The number of hydrogen-bond donors (Lipinski definition) is 2. The molecule has 1 radical (unpaired) electrons. The van der Waals surface area contributed by atoms with Gasteiger partial charge in [-0.15, -0.1) is 0 Å². The third kappa shape index (κ3) is 13.6.